The van der Waals surface area contributed by atoms with Crippen LogP contribution in [-0.4, -0.2) is 16.1 Å². The van der Waals surface area contributed by atoms with Crippen molar-refractivity contribution in [1.29, 1.82) is 0 Å². The fourth-order valence-electron chi connectivity index (χ4n) is 0.646. The van der Waals surface area contributed by atoms with Crippen LogP contribution in [0.15, 0.2) is 12.4 Å². The van der Waals surface area contributed by atoms with Crippen LogP contribution in [-0.2, 0) is 11.3 Å². The molecule has 0 atom stereocenters. The molecule has 1 rings (SSSR count). The van der Waals surface area contributed by atoms with Crippen LogP contribution >= 0.6 is 11.6 Å². The van der Waals surface area contributed by atoms with Crippen LogP contribution in [0.25, 0.3) is 0 Å². The van der Waals surface area contributed by atoms with Gasteiger partial charge in [-0.25, -0.2) is 0 Å². The zero-order valence-electron chi connectivity index (χ0n) is 5.33. The normalized spacial score (nSPS) is 9.70. The molecule has 0 spiro atoms. The van der Waals surface area contributed by atoms with Gasteiger partial charge in [0.25, 0.3) is 0 Å². The maximum Gasteiger partial charge on any atom is 0.121 e. The van der Waals surface area contributed by atoms with Crippen molar-refractivity contribution < 1.29 is 4.79 Å². The van der Waals surface area contributed by atoms with E-state index in [1.807, 2.05) is 0 Å². The van der Waals surface area contributed by atoms with Gasteiger partial charge in [0, 0.05) is 19.2 Å². The molecule has 0 aliphatic carbocycles. The van der Waals surface area contributed by atoms with Crippen molar-refractivity contribution in [2.45, 2.75) is 13.0 Å². The summed E-state index contributed by atoms with van der Waals surface area (Å²) in [6.07, 6.45) is 4.57. The van der Waals surface area contributed by atoms with Gasteiger partial charge in [0.2, 0.25) is 0 Å². The lowest BCUT2D eigenvalue weighted by Crippen LogP contribution is -1.97. The first kappa shape index (κ1) is 7.28. The lowest BCUT2D eigenvalue weighted by molar-refractivity contribution is -0.108. The molecule has 0 fully saturated rings. The largest absolute Gasteiger partial charge is 0.303 e. The molecule has 4 heteroatoms. The third kappa shape index (κ3) is 1.84. The second kappa shape index (κ2) is 3.37. The van der Waals surface area contributed by atoms with Crippen LogP contribution in [0.2, 0.25) is 5.02 Å². The van der Waals surface area contributed by atoms with Crippen molar-refractivity contribution in [3.63, 3.8) is 0 Å². The van der Waals surface area contributed by atoms with Crippen LogP contribution in [0.3, 0.4) is 0 Å². The minimum Gasteiger partial charge on any atom is -0.303 e. The molecule has 0 saturated carbocycles. The van der Waals surface area contributed by atoms with Gasteiger partial charge in [0.1, 0.15) is 6.29 Å². The Morgan fingerprint density at radius 3 is 3.10 bits per heavy atom. The molecule has 0 aromatic carbocycles. The lowest BCUT2D eigenvalue weighted by Gasteiger charge is -1.92. The zero-order chi connectivity index (χ0) is 7.40. The Balaban J connectivity index is 2.49. The molecule has 3 nitrogen and oxygen atoms in total. The number of hydrogen-bond donors (Lipinski definition) is 0. The van der Waals surface area contributed by atoms with E-state index in [4.69, 9.17) is 11.6 Å². The molecule has 0 radical (unpaired) electrons. The third-order valence-electron chi connectivity index (χ3n) is 1.08. The molecule has 10 heavy (non-hydrogen) atoms. The van der Waals surface area contributed by atoms with Gasteiger partial charge >= 0.3 is 0 Å². The molecular formula is C6H7ClN2O. The number of rotatable bonds is 3. The minimum atomic E-state index is 0.484. The van der Waals surface area contributed by atoms with E-state index in [9.17, 15) is 4.79 Å². The molecule has 0 unspecified atom stereocenters. The summed E-state index contributed by atoms with van der Waals surface area (Å²) in [6.45, 7) is 0.607. The number of carbonyl (C=O) groups excluding carboxylic acids is 1. The summed E-state index contributed by atoms with van der Waals surface area (Å²) >= 11 is 5.57. The van der Waals surface area contributed by atoms with Gasteiger partial charge in [-0.05, 0) is 0 Å². The van der Waals surface area contributed by atoms with E-state index in [2.05, 4.69) is 5.10 Å². The molecule has 0 amide bonds. The van der Waals surface area contributed by atoms with Crippen LogP contribution in [0.4, 0.5) is 0 Å². The molecule has 0 bridgehead atoms. The topological polar surface area (TPSA) is 34.9 Å². The first-order valence-electron chi connectivity index (χ1n) is 2.94. The highest BCUT2D eigenvalue weighted by Crippen LogP contribution is 2.04. The molecule has 1 heterocycles. The summed E-state index contributed by atoms with van der Waals surface area (Å²) < 4.78 is 1.64. The van der Waals surface area contributed by atoms with Crippen molar-refractivity contribution in [2.24, 2.45) is 0 Å². The molecule has 0 N–H and O–H groups in total. The van der Waals surface area contributed by atoms with Gasteiger partial charge in [-0.3, -0.25) is 4.68 Å². The molecule has 54 valence electrons. The molecule has 0 aliphatic heterocycles. The van der Waals surface area contributed by atoms with E-state index in [1.54, 1.807) is 17.1 Å². The summed E-state index contributed by atoms with van der Waals surface area (Å²) in [5, 5.41) is 4.48. The fourth-order valence-corrected chi connectivity index (χ4v) is 0.802. The van der Waals surface area contributed by atoms with Crippen molar-refractivity contribution >= 4 is 17.9 Å². The van der Waals surface area contributed by atoms with Crippen LogP contribution < -0.4 is 0 Å². The Morgan fingerprint density at radius 1 is 1.80 bits per heavy atom. The number of carbonyl (C=O) groups is 1. The number of aromatic nitrogens is 2. The fraction of sp³-hybridized carbons (Fsp3) is 0.333. The Bertz CT molecular complexity index is 221. The summed E-state index contributed by atoms with van der Waals surface area (Å²) in [5.41, 5.74) is 0. The summed E-state index contributed by atoms with van der Waals surface area (Å²) in [4.78, 5) is 9.91. The Morgan fingerprint density at radius 2 is 2.60 bits per heavy atom. The second-order valence-electron chi connectivity index (χ2n) is 1.88. The molecule has 0 aliphatic rings. The average molecular weight is 159 g/mol. The van der Waals surface area contributed by atoms with Gasteiger partial charge in [-0.15, -0.1) is 0 Å². The monoisotopic (exact) mass is 158 g/mol. The van der Waals surface area contributed by atoms with Gasteiger partial charge in [0.05, 0.1) is 11.2 Å². The number of aryl methyl sites for hydroxylation is 1. The van der Waals surface area contributed by atoms with Crippen LogP contribution in [0.5, 0.6) is 0 Å². The number of halogens is 1. The van der Waals surface area contributed by atoms with Crippen LogP contribution in [0.1, 0.15) is 6.42 Å². The van der Waals surface area contributed by atoms with Gasteiger partial charge in [-0.2, -0.15) is 5.10 Å². The summed E-state index contributed by atoms with van der Waals surface area (Å²) in [6, 6.07) is 0. The highest BCUT2D eigenvalue weighted by Gasteiger charge is 1.92. The second-order valence-corrected chi connectivity index (χ2v) is 2.31. The number of nitrogens with zero attached hydrogens (tertiary/aromatic N) is 2. The molecular weight excluding hydrogens is 152 g/mol. The maximum absolute atomic E-state index is 9.91. The average Bonchev–Trinajstić information content (AvgIpc) is 2.31. The number of aldehydes is 1. The predicted molar refractivity (Wildman–Crippen MR) is 37.9 cm³/mol. The van der Waals surface area contributed by atoms with E-state index in [0.29, 0.717) is 18.0 Å². The number of hydrogen-bond acceptors (Lipinski definition) is 2. The Labute approximate surface area is 63.6 Å². The molecule has 0 saturated heterocycles. The van der Waals surface area contributed by atoms with E-state index in [-0.39, 0.29) is 0 Å². The third-order valence-corrected chi connectivity index (χ3v) is 1.27. The standard InChI is InChI=1S/C6H7ClN2O/c7-6-4-8-9(5-6)2-1-3-10/h3-5H,1-2H2. The Hall–Kier alpha value is -0.830. The predicted octanol–water partition coefficient (Wildman–Crippen LogP) is 1.13. The highest BCUT2D eigenvalue weighted by atomic mass is 35.5. The van der Waals surface area contributed by atoms with Crippen LogP contribution in [0, 0.1) is 0 Å². The highest BCUT2D eigenvalue weighted by molar-refractivity contribution is 6.30. The zero-order valence-corrected chi connectivity index (χ0v) is 6.08. The first-order valence-corrected chi connectivity index (χ1v) is 3.32. The smallest absolute Gasteiger partial charge is 0.121 e. The molecule has 1 aromatic rings. The van der Waals surface area contributed by atoms with Crippen molar-refractivity contribution in [3.8, 4) is 0 Å². The Kier molecular flexibility index (Phi) is 2.45. The summed E-state index contributed by atoms with van der Waals surface area (Å²) in [7, 11) is 0. The van der Waals surface area contributed by atoms with E-state index in [1.165, 1.54) is 0 Å². The van der Waals surface area contributed by atoms with Gasteiger partial charge in [0.15, 0.2) is 0 Å². The van der Waals surface area contributed by atoms with Crippen molar-refractivity contribution in [3.05, 3.63) is 17.4 Å². The first-order chi connectivity index (χ1) is 4.83. The minimum absolute atomic E-state index is 0.484. The van der Waals surface area contributed by atoms with Crippen molar-refractivity contribution in [1.82, 2.24) is 9.78 Å². The van der Waals surface area contributed by atoms with Gasteiger partial charge < -0.3 is 4.79 Å². The quantitative estimate of drug-likeness (QED) is 0.618. The van der Waals surface area contributed by atoms with Crippen molar-refractivity contribution in [2.75, 3.05) is 0 Å². The van der Waals surface area contributed by atoms with E-state index < -0.39 is 0 Å². The SMILES string of the molecule is O=CCCn1cc(Cl)cn1. The van der Waals surface area contributed by atoms with E-state index >= 15 is 0 Å². The summed E-state index contributed by atoms with van der Waals surface area (Å²) in [5.74, 6) is 0. The lowest BCUT2D eigenvalue weighted by atomic mass is 10.5. The maximum atomic E-state index is 9.91. The van der Waals surface area contributed by atoms with Gasteiger partial charge in [-0.1, -0.05) is 11.6 Å². The molecule has 1 aromatic heterocycles. The van der Waals surface area contributed by atoms with E-state index in [0.717, 1.165) is 6.29 Å².